The molecule has 0 radical (unpaired) electrons. The molecule has 1 aromatic heterocycles. The van der Waals surface area contributed by atoms with Gasteiger partial charge in [-0.15, -0.1) is 0 Å². The quantitative estimate of drug-likeness (QED) is 0.874. The summed E-state index contributed by atoms with van der Waals surface area (Å²) in [6, 6.07) is 0. The largest absolute Gasteiger partial charge is 0.381 e. The summed E-state index contributed by atoms with van der Waals surface area (Å²) in [7, 11) is 0. The van der Waals surface area contributed by atoms with E-state index in [4.69, 9.17) is 11.6 Å². The molecule has 0 atom stereocenters. The average Bonchev–Trinajstić information content (AvgIpc) is 3.15. The molecule has 100 valence electrons. The first-order chi connectivity index (χ1) is 8.62. The molecule has 18 heavy (non-hydrogen) atoms. The molecule has 2 rings (SSSR count). The number of aromatic nitrogens is 2. The Morgan fingerprint density at radius 2 is 2.33 bits per heavy atom. The third-order valence-electron chi connectivity index (χ3n) is 3.26. The molecule has 6 heteroatoms. The average molecular weight is 288 g/mol. The molecule has 0 spiro atoms. The van der Waals surface area contributed by atoms with Crippen molar-refractivity contribution < 1.29 is 0 Å². The molecule has 1 aliphatic rings. The second kappa shape index (κ2) is 5.53. The van der Waals surface area contributed by atoms with Gasteiger partial charge in [-0.2, -0.15) is 16.9 Å². The zero-order valence-corrected chi connectivity index (χ0v) is 12.3. The van der Waals surface area contributed by atoms with Crippen LogP contribution in [-0.2, 0) is 6.54 Å². The van der Waals surface area contributed by atoms with E-state index in [2.05, 4.69) is 16.7 Å². The van der Waals surface area contributed by atoms with Gasteiger partial charge in [0.15, 0.2) is 0 Å². The lowest BCUT2D eigenvalue weighted by Crippen LogP contribution is -2.25. The highest BCUT2D eigenvalue weighted by molar-refractivity contribution is 8.00. The molecule has 1 heterocycles. The molecule has 1 aliphatic carbocycles. The number of hydrogen-bond acceptors (Lipinski definition) is 4. The maximum atomic E-state index is 11.9. The third kappa shape index (κ3) is 2.83. The first-order valence-corrected chi connectivity index (χ1v) is 7.77. The van der Waals surface area contributed by atoms with Crippen molar-refractivity contribution in [1.29, 1.82) is 0 Å². The predicted octanol–water partition coefficient (Wildman–Crippen LogP) is 2.61. The van der Waals surface area contributed by atoms with E-state index < -0.39 is 0 Å². The Kier molecular flexibility index (Phi) is 4.22. The maximum absolute atomic E-state index is 11.9. The van der Waals surface area contributed by atoms with Crippen molar-refractivity contribution in [2.75, 3.05) is 18.1 Å². The monoisotopic (exact) mass is 287 g/mol. The molecular weight excluding hydrogens is 270 g/mol. The number of halogens is 1. The minimum atomic E-state index is -0.211. The van der Waals surface area contributed by atoms with Crippen molar-refractivity contribution in [3.63, 3.8) is 0 Å². The van der Waals surface area contributed by atoms with Gasteiger partial charge in [0.25, 0.3) is 5.56 Å². The lowest BCUT2D eigenvalue weighted by atomic mass is 10.3. The second-order valence-corrected chi connectivity index (χ2v) is 6.29. The lowest BCUT2D eigenvalue weighted by Gasteiger charge is -2.15. The van der Waals surface area contributed by atoms with Gasteiger partial charge in [0.05, 0.1) is 11.9 Å². The van der Waals surface area contributed by atoms with Crippen LogP contribution in [-0.4, -0.2) is 27.3 Å². The van der Waals surface area contributed by atoms with Gasteiger partial charge in [-0.3, -0.25) is 4.79 Å². The zero-order valence-electron chi connectivity index (χ0n) is 10.7. The van der Waals surface area contributed by atoms with E-state index >= 15 is 0 Å². The number of anilines is 1. The van der Waals surface area contributed by atoms with Crippen molar-refractivity contribution >= 4 is 29.1 Å². The van der Waals surface area contributed by atoms with Crippen LogP contribution in [0.4, 0.5) is 5.69 Å². The molecule has 1 aromatic rings. The van der Waals surface area contributed by atoms with Crippen molar-refractivity contribution in [2.45, 2.75) is 37.5 Å². The highest BCUT2D eigenvalue weighted by Crippen LogP contribution is 2.47. The summed E-state index contributed by atoms with van der Waals surface area (Å²) >= 11 is 7.95. The SMILES string of the molecule is CCCn1ncc(NCC2(SC)CC2)c(Cl)c1=O. The van der Waals surface area contributed by atoms with E-state index in [0.29, 0.717) is 17.0 Å². The van der Waals surface area contributed by atoms with Crippen molar-refractivity contribution in [3.05, 3.63) is 21.6 Å². The molecule has 4 nitrogen and oxygen atoms in total. The summed E-state index contributed by atoms with van der Waals surface area (Å²) in [5, 5.41) is 7.62. The molecule has 0 bridgehead atoms. The van der Waals surface area contributed by atoms with E-state index in [9.17, 15) is 4.79 Å². The van der Waals surface area contributed by atoms with Crippen molar-refractivity contribution in [2.24, 2.45) is 0 Å². The number of hydrogen-bond donors (Lipinski definition) is 1. The van der Waals surface area contributed by atoms with Gasteiger partial charge in [-0.1, -0.05) is 18.5 Å². The summed E-state index contributed by atoms with van der Waals surface area (Å²) in [6.07, 6.45) is 7.08. The Balaban J connectivity index is 2.10. The fraction of sp³-hybridized carbons (Fsp3) is 0.667. The van der Waals surface area contributed by atoms with Crippen LogP contribution in [0.25, 0.3) is 0 Å². The van der Waals surface area contributed by atoms with Crippen LogP contribution in [0.5, 0.6) is 0 Å². The number of thioether (sulfide) groups is 1. The van der Waals surface area contributed by atoms with Crippen LogP contribution in [0, 0.1) is 0 Å². The molecule has 1 N–H and O–H groups in total. The van der Waals surface area contributed by atoms with E-state index in [0.717, 1.165) is 13.0 Å². The van der Waals surface area contributed by atoms with Gasteiger partial charge in [-0.25, -0.2) is 4.68 Å². The Labute approximate surface area is 116 Å². The molecule has 1 saturated carbocycles. The summed E-state index contributed by atoms with van der Waals surface area (Å²) in [4.78, 5) is 11.9. The Bertz CT molecular complexity index is 485. The molecule has 0 unspecified atom stereocenters. The molecule has 0 aliphatic heterocycles. The Morgan fingerprint density at radius 3 is 2.89 bits per heavy atom. The normalized spacial score (nSPS) is 16.6. The fourth-order valence-electron chi connectivity index (χ4n) is 1.81. The lowest BCUT2D eigenvalue weighted by molar-refractivity contribution is 0.568. The molecule has 1 fully saturated rings. The first kappa shape index (κ1) is 13.7. The van der Waals surface area contributed by atoms with Gasteiger partial charge < -0.3 is 5.32 Å². The highest BCUT2D eigenvalue weighted by Gasteiger charge is 2.41. The molecule has 0 saturated heterocycles. The van der Waals surface area contributed by atoms with Gasteiger partial charge in [0, 0.05) is 17.8 Å². The molecule has 0 amide bonds. The van der Waals surface area contributed by atoms with Crippen LogP contribution >= 0.6 is 23.4 Å². The summed E-state index contributed by atoms with van der Waals surface area (Å²) in [5.74, 6) is 0. The number of rotatable bonds is 6. The van der Waals surface area contributed by atoms with E-state index in [-0.39, 0.29) is 10.6 Å². The number of aryl methyl sites for hydroxylation is 1. The first-order valence-electron chi connectivity index (χ1n) is 6.16. The summed E-state index contributed by atoms with van der Waals surface area (Å²) in [6.45, 7) is 3.45. The highest BCUT2D eigenvalue weighted by atomic mass is 35.5. The number of nitrogens with one attached hydrogen (secondary N) is 1. The maximum Gasteiger partial charge on any atom is 0.287 e. The standard InChI is InChI=1S/C12H18ClN3OS/c1-3-6-16-11(17)10(13)9(7-15-16)14-8-12(18-2)4-5-12/h7,14H,3-6,8H2,1-2H3. The smallest absolute Gasteiger partial charge is 0.287 e. The van der Waals surface area contributed by atoms with Gasteiger partial charge in [0.2, 0.25) is 0 Å². The van der Waals surface area contributed by atoms with Gasteiger partial charge >= 0.3 is 0 Å². The number of nitrogens with zero attached hydrogens (tertiary/aromatic N) is 2. The minimum Gasteiger partial charge on any atom is -0.381 e. The zero-order chi connectivity index (χ0) is 13.2. The van der Waals surface area contributed by atoms with Crippen molar-refractivity contribution in [1.82, 2.24) is 9.78 Å². The van der Waals surface area contributed by atoms with E-state index in [1.807, 2.05) is 18.7 Å². The molecular formula is C12H18ClN3OS. The van der Waals surface area contributed by atoms with Crippen LogP contribution < -0.4 is 10.9 Å². The summed E-state index contributed by atoms with van der Waals surface area (Å²) < 4.78 is 1.75. The van der Waals surface area contributed by atoms with Crippen LogP contribution in [0.1, 0.15) is 26.2 Å². The second-order valence-electron chi connectivity index (χ2n) is 4.64. The van der Waals surface area contributed by atoms with Crippen LogP contribution in [0.2, 0.25) is 5.02 Å². The predicted molar refractivity (Wildman–Crippen MR) is 77.8 cm³/mol. The topological polar surface area (TPSA) is 46.9 Å². The third-order valence-corrected chi connectivity index (χ3v) is 5.05. The Hall–Kier alpha value is -0.680. The van der Waals surface area contributed by atoms with Crippen LogP contribution in [0.15, 0.2) is 11.0 Å². The van der Waals surface area contributed by atoms with Gasteiger partial charge in [0.1, 0.15) is 5.02 Å². The van der Waals surface area contributed by atoms with Crippen LogP contribution in [0.3, 0.4) is 0 Å². The molecule has 0 aromatic carbocycles. The fourth-order valence-corrected chi connectivity index (χ4v) is 2.75. The summed E-state index contributed by atoms with van der Waals surface area (Å²) in [5.41, 5.74) is 0.437. The van der Waals surface area contributed by atoms with E-state index in [1.165, 1.54) is 17.5 Å². The minimum absolute atomic E-state index is 0.211. The van der Waals surface area contributed by atoms with Gasteiger partial charge in [-0.05, 0) is 25.5 Å². The van der Waals surface area contributed by atoms with Crippen molar-refractivity contribution in [3.8, 4) is 0 Å². The Morgan fingerprint density at radius 1 is 1.61 bits per heavy atom. The van der Waals surface area contributed by atoms with E-state index in [1.54, 1.807) is 6.20 Å².